The summed E-state index contributed by atoms with van der Waals surface area (Å²) in [4.78, 5) is 10.7. The molecule has 0 amide bonds. The van der Waals surface area contributed by atoms with Crippen molar-refractivity contribution in [3.63, 3.8) is 0 Å². The summed E-state index contributed by atoms with van der Waals surface area (Å²) in [5, 5.41) is 18.7. The zero-order chi connectivity index (χ0) is 13.5. The molecule has 0 saturated carbocycles. The van der Waals surface area contributed by atoms with Crippen molar-refractivity contribution in [1.82, 2.24) is 0 Å². The molecule has 18 heavy (non-hydrogen) atoms. The van der Waals surface area contributed by atoms with Gasteiger partial charge in [0.15, 0.2) is 11.5 Å². The fraction of sp³-hybridized carbons (Fsp3) is 0.500. The molecule has 0 radical (unpaired) electrons. The van der Waals surface area contributed by atoms with Crippen LogP contribution in [0.15, 0.2) is 12.1 Å². The molecule has 1 rings (SSSR count). The highest BCUT2D eigenvalue weighted by molar-refractivity contribution is 5.65. The molecule has 1 aromatic rings. The van der Waals surface area contributed by atoms with E-state index in [0.29, 0.717) is 18.4 Å². The maximum Gasteiger partial charge on any atom is 0.511 e. The number of aromatic hydroxyl groups is 1. The Hall–Kier alpha value is -1.71. The van der Waals surface area contributed by atoms with E-state index in [-0.39, 0.29) is 11.5 Å². The lowest BCUT2D eigenvalue weighted by Gasteiger charge is -2.12. The number of hydrogen-bond donors (Lipinski definition) is 2. The number of hydrogen-bond acceptors (Lipinski definition) is 3. The van der Waals surface area contributed by atoms with E-state index in [9.17, 15) is 9.90 Å². The summed E-state index contributed by atoms with van der Waals surface area (Å²) in [6.07, 6.45) is 3.08. The van der Waals surface area contributed by atoms with Gasteiger partial charge in [0.1, 0.15) is 0 Å². The number of carboxylic acid groups (broad SMARTS) is 1. The third-order valence-electron chi connectivity index (χ3n) is 2.92. The molecule has 0 atom stereocenters. The van der Waals surface area contributed by atoms with Gasteiger partial charge in [-0.3, -0.25) is 0 Å². The predicted molar refractivity (Wildman–Crippen MR) is 69.4 cm³/mol. The molecule has 0 saturated heterocycles. The van der Waals surface area contributed by atoms with Gasteiger partial charge in [0, 0.05) is 0 Å². The number of rotatable bonds is 6. The highest BCUT2D eigenvalue weighted by Crippen LogP contribution is 2.35. The molecule has 2 N–H and O–H groups in total. The lowest BCUT2D eigenvalue weighted by Crippen LogP contribution is -2.06. The van der Waals surface area contributed by atoms with Crippen LogP contribution in [0.25, 0.3) is 0 Å². The van der Waals surface area contributed by atoms with Crippen LogP contribution >= 0.6 is 0 Å². The molecule has 1 aromatic carbocycles. The van der Waals surface area contributed by atoms with Gasteiger partial charge in [0.05, 0.1) is 0 Å². The highest BCUT2D eigenvalue weighted by Gasteiger charge is 2.15. The predicted octanol–water partition coefficient (Wildman–Crippen LogP) is 3.74. The first-order chi connectivity index (χ1) is 8.60. The standard InChI is InChI=1S/C14H20O4/c1-3-5-6-7-11-9-8-10(4-2)12(15)13(11)18-14(16)17/h8-9,15H,3-7H2,1-2H3,(H,16,17). The van der Waals surface area contributed by atoms with Gasteiger partial charge in [-0.15, -0.1) is 0 Å². The number of unbranched alkanes of at least 4 members (excludes halogenated alkanes) is 2. The van der Waals surface area contributed by atoms with Gasteiger partial charge in [-0.2, -0.15) is 0 Å². The summed E-state index contributed by atoms with van der Waals surface area (Å²) < 4.78 is 4.72. The number of benzene rings is 1. The number of phenols is 1. The first kappa shape index (κ1) is 14.4. The van der Waals surface area contributed by atoms with Crippen molar-refractivity contribution in [2.45, 2.75) is 46.0 Å². The molecule has 100 valence electrons. The van der Waals surface area contributed by atoms with Crippen molar-refractivity contribution in [2.24, 2.45) is 0 Å². The van der Waals surface area contributed by atoms with Crippen LogP contribution in [-0.2, 0) is 12.8 Å². The summed E-state index contributed by atoms with van der Waals surface area (Å²) in [7, 11) is 0. The SMILES string of the molecule is CCCCCc1ccc(CC)c(O)c1OC(=O)O. The maximum atomic E-state index is 10.7. The Balaban J connectivity index is 3.00. The lowest BCUT2D eigenvalue weighted by atomic mass is 10.0. The van der Waals surface area contributed by atoms with E-state index in [4.69, 9.17) is 9.84 Å². The van der Waals surface area contributed by atoms with Crippen LogP contribution in [0.5, 0.6) is 11.5 Å². The summed E-state index contributed by atoms with van der Waals surface area (Å²) in [5.74, 6) is 0.0480. The monoisotopic (exact) mass is 252 g/mol. The van der Waals surface area contributed by atoms with Crippen LogP contribution in [0, 0.1) is 0 Å². The van der Waals surface area contributed by atoms with Crippen LogP contribution in [-0.4, -0.2) is 16.4 Å². The molecule has 0 heterocycles. The Bertz CT molecular complexity index is 413. The van der Waals surface area contributed by atoms with E-state index in [2.05, 4.69) is 6.92 Å². The van der Waals surface area contributed by atoms with Gasteiger partial charge in [-0.25, -0.2) is 4.79 Å². The quantitative estimate of drug-likeness (QED) is 0.459. The first-order valence-corrected chi connectivity index (χ1v) is 6.34. The molecule has 4 heteroatoms. The summed E-state index contributed by atoms with van der Waals surface area (Å²) in [5.41, 5.74) is 1.45. The minimum absolute atomic E-state index is 0.0473. The molecular formula is C14H20O4. The molecule has 0 fully saturated rings. The van der Waals surface area contributed by atoms with Crippen LogP contribution in [0.4, 0.5) is 4.79 Å². The first-order valence-electron chi connectivity index (χ1n) is 6.34. The van der Waals surface area contributed by atoms with Gasteiger partial charge in [0.2, 0.25) is 0 Å². The normalized spacial score (nSPS) is 10.3. The minimum Gasteiger partial charge on any atom is -0.504 e. The molecule has 0 aliphatic rings. The van der Waals surface area contributed by atoms with Crippen molar-refractivity contribution >= 4 is 6.16 Å². The van der Waals surface area contributed by atoms with Gasteiger partial charge in [-0.1, -0.05) is 38.8 Å². The average Bonchev–Trinajstić information content (AvgIpc) is 2.33. The second-order valence-electron chi connectivity index (χ2n) is 4.24. The Morgan fingerprint density at radius 3 is 2.44 bits per heavy atom. The van der Waals surface area contributed by atoms with Crippen LogP contribution < -0.4 is 4.74 Å². The number of aryl methyl sites for hydroxylation is 2. The van der Waals surface area contributed by atoms with Crippen LogP contribution in [0.1, 0.15) is 44.2 Å². The van der Waals surface area contributed by atoms with E-state index >= 15 is 0 Å². The van der Waals surface area contributed by atoms with E-state index in [1.54, 1.807) is 0 Å². The zero-order valence-corrected chi connectivity index (χ0v) is 10.9. The van der Waals surface area contributed by atoms with Crippen molar-refractivity contribution in [3.8, 4) is 11.5 Å². The molecule has 0 aliphatic heterocycles. The topological polar surface area (TPSA) is 66.8 Å². The third-order valence-corrected chi connectivity index (χ3v) is 2.92. The van der Waals surface area contributed by atoms with E-state index in [1.165, 1.54) is 0 Å². The summed E-state index contributed by atoms with van der Waals surface area (Å²) in [6.45, 7) is 4.00. The Labute approximate surface area is 107 Å². The van der Waals surface area contributed by atoms with E-state index < -0.39 is 6.16 Å². The Kier molecular flexibility index (Phi) is 5.49. The van der Waals surface area contributed by atoms with Crippen molar-refractivity contribution in [2.75, 3.05) is 0 Å². The number of carbonyl (C=O) groups is 1. The van der Waals surface area contributed by atoms with Crippen molar-refractivity contribution < 1.29 is 19.7 Å². The maximum absolute atomic E-state index is 10.7. The van der Waals surface area contributed by atoms with E-state index in [0.717, 1.165) is 24.8 Å². The minimum atomic E-state index is -1.39. The average molecular weight is 252 g/mol. The van der Waals surface area contributed by atoms with Gasteiger partial charge >= 0.3 is 6.16 Å². The van der Waals surface area contributed by atoms with Gasteiger partial charge in [0.25, 0.3) is 0 Å². The number of ether oxygens (including phenoxy) is 1. The largest absolute Gasteiger partial charge is 0.511 e. The lowest BCUT2D eigenvalue weighted by molar-refractivity contribution is 0.142. The van der Waals surface area contributed by atoms with E-state index in [1.807, 2.05) is 19.1 Å². The molecule has 0 aromatic heterocycles. The second kappa shape index (κ2) is 6.89. The molecule has 0 bridgehead atoms. The molecule has 4 nitrogen and oxygen atoms in total. The number of phenolic OH excluding ortho intramolecular Hbond substituents is 1. The van der Waals surface area contributed by atoms with Crippen LogP contribution in [0.2, 0.25) is 0 Å². The zero-order valence-electron chi connectivity index (χ0n) is 10.9. The van der Waals surface area contributed by atoms with Crippen molar-refractivity contribution in [1.29, 1.82) is 0 Å². The van der Waals surface area contributed by atoms with Crippen LogP contribution in [0.3, 0.4) is 0 Å². The smallest absolute Gasteiger partial charge is 0.504 e. The fourth-order valence-electron chi connectivity index (χ4n) is 1.90. The van der Waals surface area contributed by atoms with Gasteiger partial charge < -0.3 is 14.9 Å². The third kappa shape index (κ3) is 3.65. The molecule has 0 unspecified atom stereocenters. The Morgan fingerprint density at radius 2 is 1.89 bits per heavy atom. The fourth-order valence-corrected chi connectivity index (χ4v) is 1.90. The summed E-state index contributed by atoms with van der Waals surface area (Å²) in [6, 6.07) is 3.66. The highest BCUT2D eigenvalue weighted by atomic mass is 16.7. The molecular weight excluding hydrogens is 232 g/mol. The molecule has 0 spiro atoms. The Morgan fingerprint density at radius 1 is 1.22 bits per heavy atom. The molecule has 0 aliphatic carbocycles. The second-order valence-corrected chi connectivity index (χ2v) is 4.24. The van der Waals surface area contributed by atoms with Gasteiger partial charge in [-0.05, 0) is 30.4 Å². The van der Waals surface area contributed by atoms with Crippen molar-refractivity contribution in [3.05, 3.63) is 23.3 Å². The summed E-state index contributed by atoms with van der Waals surface area (Å²) >= 11 is 0.